The smallest absolute Gasteiger partial charge is 0.252 e. The van der Waals surface area contributed by atoms with E-state index in [1.807, 2.05) is 36.4 Å². The summed E-state index contributed by atoms with van der Waals surface area (Å²) >= 11 is 0. The van der Waals surface area contributed by atoms with Crippen molar-refractivity contribution < 1.29 is 14.7 Å². The highest BCUT2D eigenvalue weighted by Crippen LogP contribution is 2.32. The van der Waals surface area contributed by atoms with Crippen LogP contribution in [-0.4, -0.2) is 42.7 Å². The number of aliphatic hydroxyl groups is 1. The van der Waals surface area contributed by atoms with Crippen LogP contribution in [0.1, 0.15) is 35.2 Å². The number of hydrogen-bond donors (Lipinski definition) is 3. The van der Waals surface area contributed by atoms with E-state index < -0.39 is 11.6 Å². The van der Waals surface area contributed by atoms with Crippen LogP contribution in [-0.2, 0) is 10.3 Å². The van der Waals surface area contributed by atoms with Gasteiger partial charge in [0.2, 0.25) is 5.91 Å². The minimum Gasteiger partial charge on any atom is -0.389 e. The molecule has 6 nitrogen and oxygen atoms in total. The second-order valence-corrected chi connectivity index (χ2v) is 7.46. The zero-order chi connectivity index (χ0) is 19.6. The summed E-state index contributed by atoms with van der Waals surface area (Å²) < 4.78 is 0. The number of amides is 2. The van der Waals surface area contributed by atoms with E-state index >= 15 is 0 Å². The van der Waals surface area contributed by atoms with Crippen LogP contribution >= 0.6 is 0 Å². The first-order valence-electron chi connectivity index (χ1n) is 9.77. The van der Waals surface area contributed by atoms with Gasteiger partial charge >= 0.3 is 0 Å². The molecule has 6 heteroatoms. The van der Waals surface area contributed by atoms with E-state index in [0.29, 0.717) is 38.0 Å². The third-order valence-electron chi connectivity index (χ3n) is 5.72. The third-order valence-corrected chi connectivity index (χ3v) is 5.72. The predicted molar refractivity (Wildman–Crippen MR) is 107 cm³/mol. The topological polar surface area (TPSA) is 81.7 Å². The molecule has 2 amide bonds. The summed E-state index contributed by atoms with van der Waals surface area (Å²) in [5.74, 6) is -0.162. The second kappa shape index (κ2) is 7.73. The van der Waals surface area contributed by atoms with Crippen LogP contribution in [0.4, 0.5) is 5.69 Å². The summed E-state index contributed by atoms with van der Waals surface area (Å²) in [5.41, 5.74) is 1.28. The molecule has 0 aliphatic carbocycles. The molecule has 3 N–H and O–H groups in total. The van der Waals surface area contributed by atoms with Gasteiger partial charge in [-0.15, -0.1) is 0 Å². The van der Waals surface area contributed by atoms with Crippen LogP contribution in [0, 0.1) is 0 Å². The molecule has 0 bridgehead atoms. The Morgan fingerprint density at radius 2 is 2.00 bits per heavy atom. The fourth-order valence-electron chi connectivity index (χ4n) is 4.17. The molecule has 0 aromatic heterocycles. The molecule has 2 saturated heterocycles. The first-order chi connectivity index (χ1) is 13.6. The zero-order valence-corrected chi connectivity index (χ0v) is 15.7. The van der Waals surface area contributed by atoms with Crippen LogP contribution in [0.25, 0.3) is 0 Å². The van der Waals surface area contributed by atoms with Gasteiger partial charge < -0.3 is 20.6 Å². The standard InChI is InChI=1S/C22H25N3O3/c26-19-15-23-12-11-22(19,17-7-2-1-3-8-17)24-21(28)16-6-4-9-18(14-16)25-13-5-10-20(25)27/h1-4,6-9,14,19,23,26H,5,10-13,15H2,(H,24,28)/t19-,22+/m1/s1. The van der Waals surface area contributed by atoms with Crippen molar-refractivity contribution in [1.82, 2.24) is 10.6 Å². The zero-order valence-electron chi connectivity index (χ0n) is 15.7. The molecule has 0 unspecified atom stereocenters. The molecule has 2 heterocycles. The molecular formula is C22H25N3O3. The summed E-state index contributed by atoms with van der Waals surface area (Å²) in [6.45, 7) is 1.80. The van der Waals surface area contributed by atoms with Crippen LogP contribution in [0.5, 0.6) is 0 Å². The van der Waals surface area contributed by atoms with Crippen molar-refractivity contribution in [2.24, 2.45) is 0 Å². The van der Waals surface area contributed by atoms with Gasteiger partial charge in [0.05, 0.1) is 11.6 Å². The van der Waals surface area contributed by atoms with Crippen LogP contribution in [0.15, 0.2) is 54.6 Å². The fraction of sp³-hybridized carbons (Fsp3) is 0.364. The Labute approximate surface area is 164 Å². The summed E-state index contributed by atoms with van der Waals surface area (Å²) in [5, 5.41) is 17.1. The number of carbonyl (C=O) groups is 2. The number of nitrogens with one attached hydrogen (secondary N) is 2. The van der Waals surface area contributed by atoms with E-state index in [1.54, 1.807) is 23.1 Å². The van der Waals surface area contributed by atoms with Crippen LogP contribution in [0.2, 0.25) is 0 Å². The summed E-state index contributed by atoms with van der Waals surface area (Å²) in [4.78, 5) is 26.9. The maximum absolute atomic E-state index is 13.1. The van der Waals surface area contributed by atoms with Crippen molar-refractivity contribution in [2.75, 3.05) is 24.5 Å². The number of rotatable bonds is 4. The van der Waals surface area contributed by atoms with E-state index in [2.05, 4.69) is 10.6 Å². The maximum atomic E-state index is 13.1. The van der Waals surface area contributed by atoms with Crippen molar-refractivity contribution in [3.8, 4) is 0 Å². The van der Waals surface area contributed by atoms with Gasteiger partial charge in [-0.2, -0.15) is 0 Å². The molecule has 4 rings (SSSR count). The lowest BCUT2D eigenvalue weighted by Gasteiger charge is -2.43. The van der Waals surface area contributed by atoms with Crippen molar-refractivity contribution in [2.45, 2.75) is 30.9 Å². The first kappa shape index (κ1) is 18.7. The highest BCUT2D eigenvalue weighted by Gasteiger charge is 2.43. The minimum atomic E-state index is -0.844. The van der Waals surface area contributed by atoms with E-state index in [1.165, 1.54) is 0 Å². The van der Waals surface area contributed by atoms with Crippen molar-refractivity contribution in [1.29, 1.82) is 0 Å². The van der Waals surface area contributed by atoms with Gasteiger partial charge in [0.25, 0.3) is 5.91 Å². The summed E-state index contributed by atoms with van der Waals surface area (Å²) in [7, 11) is 0. The molecule has 2 aliphatic heterocycles. The molecular weight excluding hydrogens is 354 g/mol. The number of piperidine rings is 1. The monoisotopic (exact) mass is 379 g/mol. The highest BCUT2D eigenvalue weighted by molar-refractivity contribution is 5.99. The SMILES string of the molecule is O=C(N[C@]1(c2ccccc2)CCNC[C@H]1O)c1cccc(N2CCCC2=O)c1. The van der Waals surface area contributed by atoms with E-state index in [9.17, 15) is 14.7 Å². The number of β-amino-alcohol motifs (C(OH)–C–C–N with tert-alkyl or cyclic N) is 1. The van der Waals surface area contributed by atoms with Crippen molar-refractivity contribution in [3.63, 3.8) is 0 Å². The van der Waals surface area contributed by atoms with E-state index in [0.717, 1.165) is 17.7 Å². The van der Waals surface area contributed by atoms with Gasteiger partial charge in [0.15, 0.2) is 0 Å². The average Bonchev–Trinajstić information content (AvgIpc) is 3.16. The lowest BCUT2D eigenvalue weighted by Crippen LogP contribution is -2.61. The Morgan fingerprint density at radius 1 is 1.18 bits per heavy atom. The average molecular weight is 379 g/mol. The number of carbonyl (C=O) groups excluding carboxylic acids is 2. The lowest BCUT2D eigenvalue weighted by atomic mass is 9.79. The number of anilines is 1. The summed E-state index contributed by atoms with van der Waals surface area (Å²) in [6.07, 6.45) is 1.24. The predicted octanol–water partition coefficient (Wildman–Crippen LogP) is 1.79. The maximum Gasteiger partial charge on any atom is 0.252 e. The van der Waals surface area contributed by atoms with Gasteiger partial charge in [0, 0.05) is 30.8 Å². The molecule has 2 atom stereocenters. The molecule has 0 spiro atoms. The Hall–Kier alpha value is -2.70. The largest absolute Gasteiger partial charge is 0.389 e. The van der Waals surface area contributed by atoms with E-state index in [4.69, 9.17) is 0 Å². The Bertz CT molecular complexity index is 870. The van der Waals surface area contributed by atoms with Crippen LogP contribution < -0.4 is 15.5 Å². The molecule has 2 aromatic carbocycles. The van der Waals surface area contributed by atoms with Crippen molar-refractivity contribution >= 4 is 17.5 Å². The molecule has 2 fully saturated rings. The van der Waals surface area contributed by atoms with Crippen LogP contribution in [0.3, 0.4) is 0 Å². The Balaban J connectivity index is 1.63. The molecule has 0 radical (unpaired) electrons. The molecule has 2 aliphatic rings. The molecule has 0 saturated carbocycles. The third kappa shape index (κ3) is 3.41. The molecule has 28 heavy (non-hydrogen) atoms. The number of nitrogens with zero attached hydrogens (tertiary/aromatic N) is 1. The highest BCUT2D eigenvalue weighted by atomic mass is 16.3. The Kier molecular flexibility index (Phi) is 5.15. The number of hydrogen-bond acceptors (Lipinski definition) is 4. The van der Waals surface area contributed by atoms with Gasteiger partial charge in [-0.1, -0.05) is 36.4 Å². The second-order valence-electron chi connectivity index (χ2n) is 7.46. The molecule has 2 aromatic rings. The van der Waals surface area contributed by atoms with Crippen molar-refractivity contribution in [3.05, 3.63) is 65.7 Å². The molecule has 146 valence electrons. The van der Waals surface area contributed by atoms with Gasteiger partial charge in [0.1, 0.15) is 0 Å². The first-order valence-corrected chi connectivity index (χ1v) is 9.77. The van der Waals surface area contributed by atoms with Gasteiger partial charge in [-0.25, -0.2) is 0 Å². The number of benzene rings is 2. The number of aliphatic hydroxyl groups excluding tert-OH is 1. The summed E-state index contributed by atoms with van der Waals surface area (Å²) in [6, 6.07) is 16.8. The normalized spacial score (nSPS) is 25.0. The Morgan fingerprint density at radius 3 is 2.71 bits per heavy atom. The lowest BCUT2D eigenvalue weighted by molar-refractivity contribution is -0.117. The van der Waals surface area contributed by atoms with E-state index in [-0.39, 0.29) is 11.8 Å². The van der Waals surface area contributed by atoms with Gasteiger partial charge in [-0.05, 0) is 43.1 Å². The van der Waals surface area contributed by atoms with Gasteiger partial charge in [-0.3, -0.25) is 9.59 Å². The minimum absolute atomic E-state index is 0.0899. The fourth-order valence-corrected chi connectivity index (χ4v) is 4.17. The quantitative estimate of drug-likeness (QED) is 0.757.